The number of rotatable bonds is 6. The van der Waals surface area contributed by atoms with Crippen LogP contribution in [0.25, 0.3) is 0 Å². The number of halogens is 1. The molecule has 4 nitrogen and oxygen atoms in total. The van der Waals surface area contributed by atoms with Gasteiger partial charge < -0.3 is 15.8 Å². The molecule has 0 aliphatic rings. The van der Waals surface area contributed by atoms with Crippen LogP contribution in [0.1, 0.15) is 38.3 Å². The number of carbonyl (C=O) groups is 1. The van der Waals surface area contributed by atoms with Gasteiger partial charge in [-0.3, -0.25) is 4.79 Å². The number of benzene rings is 1. The Labute approximate surface area is 113 Å². The number of carbonyl (C=O) groups excluding carboxylic acids is 1. The van der Waals surface area contributed by atoms with Crippen molar-refractivity contribution in [3.8, 4) is 5.75 Å². The lowest BCUT2D eigenvalue weighted by Crippen LogP contribution is -2.41. The highest BCUT2D eigenvalue weighted by Gasteiger charge is 2.20. The van der Waals surface area contributed by atoms with E-state index in [0.29, 0.717) is 17.7 Å². The third-order valence-corrected chi connectivity index (χ3v) is 2.96. The first-order valence-corrected chi connectivity index (χ1v) is 6.39. The average Bonchev–Trinajstić information content (AvgIpc) is 2.38. The van der Waals surface area contributed by atoms with Gasteiger partial charge in [-0.25, -0.2) is 4.39 Å². The molecule has 0 fully saturated rings. The minimum absolute atomic E-state index is 0.278. The van der Waals surface area contributed by atoms with Crippen molar-refractivity contribution in [2.24, 2.45) is 5.73 Å². The molecular weight excluding hydrogens is 247 g/mol. The van der Waals surface area contributed by atoms with Crippen molar-refractivity contribution < 1.29 is 13.9 Å². The molecule has 0 spiro atoms. The molecule has 0 aliphatic heterocycles. The van der Waals surface area contributed by atoms with E-state index in [1.165, 1.54) is 13.2 Å². The molecule has 5 heteroatoms. The predicted molar refractivity (Wildman–Crippen MR) is 72.4 cm³/mol. The SMILES string of the molecule is CCCC(N)C(=O)NC(C)c1c(F)cccc1OC. The smallest absolute Gasteiger partial charge is 0.237 e. The first-order valence-electron chi connectivity index (χ1n) is 6.39. The van der Waals surface area contributed by atoms with Crippen LogP contribution < -0.4 is 15.8 Å². The first kappa shape index (κ1) is 15.4. The van der Waals surface area contributed by atoms with E-state index >= 15 is 0 Å². The van der Waals surface area contributed by atoms with Crippen LogP contribution in [0.5, 0.6) is 5.75 Å². The minimum atomic E-state index is -0.565. The Morgan fingerprint density at radius 2 is 2.21 bits per heavy atom. The molecule has 0 saturated heterocycles. The molecule has 1 rings (SSSR count). The van der Waals surface area contributed by atoms with Gasteiger partial charge in [-0.1, -0.05) is 19.4 Å². The summed E-state index contributed by atoms with van der Waals surface area (Å²) in [6.45, 7) is 3.66. The lowest BCUT2D eigenvalue weighted by atomic mass is 10.1. The Bertz CT molecular complexity index is 437. The highest BCUT2D eigenvalue weighted by atomic mass is 19.1. The summed E-state index contributed by atoms with van der Waals surface area (Å²) in [5.74, 6) is -0.271. The average molecular weight is 268 g/mol. The fraction of sp³-hybridized carbons (Fsp3) is 0.500. The van der Waals surface area contributed by atoms with E-state index < -0.39 is 17.9 Å². The molecule has 3 N–H and O–H groups in total. The van der Waals surface area contributed by atoms with Crippen LogP contribution in [-0.2, 0) is 4.79 Å². The normalized spacial score (nSPS) is 13.7. The van der Waals surface area contributed by atoms with Gasteiger partial charge >= 0.3 is 0 Å². The molecule has 106 valence electrons. The summed E-state index contributed by atoms with van der Waals surface area (Å²) in [5, 5.41) is 2.71. The van der Waals surface area contributed by atoms with E-state index in [1.54, 1.807) is 19.1 Å². The summed E-state index contributed by atoms with van der Waals surface area (Å²) in [5.41, 5.74) is 6.06. The molecule has 0 heterocycles. The van der Waals surface area contributed by atoms with Crippen LogP contribution in [0, 0.1) is 5.82 Å². The summed E-state index contributed by atoms with van der Waals surface area (Å²) in [6.07, 6.45) is 1.43. The van der Waals surface area contributed by atoms with Gasteiger partial charge in [0.1, 0.15) is 11.6 Å². The molecular formula is C14H21FN2O2. The van der Waals surface area contributed by atoms with Crippen molar-refractivity contribution in [3.63, 3.8) is 0 Å². The number of hydrogen-bond acceptors (Lipinski definition) is 3. The minimum Gasteiger partial charge on any atom is -0.496 e. The van der Waals surface area contributed by atoms with Crippen LogP contribution in [0.3, 0.4) is 0 Å². The van der Waals surface area contributed by atoms with Crippen LogP contribution in [0.4, 0.5) is 4.39 Å². The predicted octanol–water partition coefficient (Wildman–Crippen LogP) is 2.14. The third kappa shape index (κ3) is 3.92. The van der Waals surface area contributed by atoms with E-state index in [4.69, 9.17) is 10.5 Å². The quantitative estimate of drug-likeness (QED) is 0.830. The number of amides is 1. The van der Waals surface area contributed by atoms with Crippen molar-refractivity contribution in [1.82, 2.24) is 5.32 Å². The molecule has 1 amide bonds. The molecule has 0 radical (unpaired) electrons. The molecule has 1 aromatic carbocycles. The van der Waals surface area contributed by atoms with Crippen molar-refractivity contribution in [3.05, 3.63) is 29.6 Å². The fourth-order valence-corrected chi connectivity index (χ4v) is 1.95. The second-order valence-corrected chi connectivity index (χ2v) is 4.48. The van der Waals surface area contributed by atoms with Crippen LogP contribution in [-0.4, -0.2) is 19.1 Å². The molecule has 1 aromatic rings. The maximum Gasteiger partial charge on any atom is 0.237 e. The second-order valence-electron chi connectivity index (χ2n) is 4.48. The summed E-state index contributed by atoms with van der Waals surface area (Å²) in [6, 6.07) is 3.51. The Morgan fingerprint density at radius 3 is 2.79 bits per heavy atom. The Kier molecular flexibility index (Phi) is 5.76. The van der Waals surface area contributed by atoms with Crippen molar-refractivity contribution in [1.29, 1.82) is 0 Å². The van der Waals surface area contributed by atoms with Gasteiger partial charge in [-0.2, -0.15) is 0 Å². The van der Waals surface area contributed by atoms with Gasteiger partial charge in [0, 0.05) is 0 Å². The van der Waals surface area contributed by atoms with Gasteiger partial charge in [0.15, 0.2) is 0 Å². The van der Waals surface area contributed by atoms with Gasteiger partial charge in [-0.05, 0) is 25.5 Å². The molecule has 19 heavy (non-hydrogen) atoms. The lowest BCUT2D eigenvalue weighted by molar-refractivity contribution is -0.123. The largest absolute Gasteiger partial charge is 0.496 e. The summed E-state index contributed by atoms with van der Waals surface area (Å²) >= 11 is 0. The summed E-state index contributed by atoms with van der Waals surface area (Å²) < 4.78 is 18.9. The third-order valence-electron chi connectivity index (χ3n) is 2.96. The van der Waals surface area contributed by atoms with Crippen LogP contribution >= 0.6 is 0 Å². The van der Waals surface area contributed by atoms with Crippen LogP contribution in [0.15, 0.2) is 18.2 Å². The van der Waals surface area contributed by atoms with Gasteiger partial charge in [-0.15, -0.1) is 0 Å². The van der Waals surface area contributed by atoms with Gasteiger partial charge in [0.25, 0.3) is 0 Å². The van der Waals surface area contributed by atoms with E-state index in [-0.39, 0.29) is 5.91 Å². The Hall–Kier alpha value is -1.62. The first-order chi connectivity index (χ1) is 9.01. The second kappa shape index (κ2) is 7.09. The van der Waals surface area contributed by atoms with Gasteiger partial charge in [0.05, 0.1) is 24.8 Å². The number of nitrogens with two attached hydrogens (primary N) is 1. The standard InChI is InChI=1S/C14H21FN2O2/c1-4-6-11(16)14(18)17-9(2)13-10(15)7-5-8-12(13)19-3/h5,7-9,11H,4,6,16H2,1-3H3,(H,17,18). The Balaban J connectivity index is 2.83. The summed E-state index contributed by atoms with van der Waals surface area (Å²) in [7, 11) is 1.47. The zero-order valence-electron chi connectivity index (χ0n) is 11.6. The highest BCUT2D eigenvalue weighted by Crippen LogP contribution is 2.27. The number of ether oxygens (including phenoxy) is 1. The Morgan fingerprint density at radius 1 is 1.53 bits per heavy atom. The van der Waals surface area contributed by atoms with E-state index in [1.807, 2.05) is 6.92 Å². The lowest BCUT2D eigenvalue weighted by Gasteiger charge is -2.20. The zero-order chi connectivity index (χ0) is 14.4. The van der Waals surface area contributed by atoms with E-state index in [2.05, 4.69) is 5.32 Å². The maximum atomic E-state index is 13.8. The van der Waals surface area contributed by atoms with E-state index in [9.17, 15) is 9.18 Å². The van der Waals surface area contributed by atoms with Gasteiger partial charge in [0.2, 0.25) is 5.91 Å². The van der Waals surface area contributed by atoms with Crippen LogP contribution in [0.2, 0.25) is 0 Å². The molecule has 2 unspecified atom stereocenters. The maximum absolute atomic E-state index is 13.8. The summed E-state index contributed by atoms with van der Waals surface area (Å²) in [4.78, 5) is 11.8. The number of nitrogens with one attached hydrogen (secondary N) is 1. The van der Waals surface area contributed by atoms with Crippen molar-refractivity contribution in [2.45, 2.75) is 38.8 Å². The number of methoxy groups -OCH3 is 1. The highest BCUT2D eigenvalue weighted by molar-refractivity contribution is 5.81. The van der Waals surface area contributed by atoms with Crippen molar-refractivity contribution in [2.75, 3.05) is 7.11 Å². The molecule has 0 aliphatic carbocycles. The molecule has 0 saturated carbocycles. The zero-order valence-corrected chi connectivity index (χ0v) is 11.6. The topological polar surface area (TPSA) is 64.4 Å². The fourth-order valence-electron chi connectivity index (χ4n) is 1.95. The molecule has 2 atom stereocenters. The monoisotopic (exact) mass is 268 g/mol. The number of hydrogen-bond donors (Lipinski definition) is 2. The molecule has 0 aromatic heterocycles. The van der Waals surface area contributed by atoms with Crippen molar-refractivity contribution >= 4 is 5.91 Å². The van der Waals surface area contributed by atoms with E-state index in [0.717, 1.165) is 6.42 Å². The molecule has 0 bridgehead atoms.